The molecule has 0 aliphatic carbocycles. The second-order valence-corrected chi connectivity index (χ2v) is 5.09. The molecule has 1 aromatic heterocycles. The van der Waals surface area contributed by atoms with Crippen LogP contribution in [-0.2, 0) is 9.53 Å². The number of aliphatic carboxylic acids is 1. The molecule has 0 spiro atoms. The van der Waals surface area contributed by atoms with Gasteiger partial charge < -0.3 is 19.1 Å². The zero-order chi connectivity index (χ0) is 16.1. The first-order valence-electron chi connectivity index (χ1n) is 6.09. The Morgan fingerprint density at radius 1 is 1.27 bits per heavy atom. The molecule has 0 bridgehead atoms. The quantitative estimate of drug-likeness (QED) is 0.457. The lowest BCUT2D eigenvalue weighted by Crippen LogP contribution is -2.23. The molecule has 0 radical (unpaired) electrons. The molecule has 0 aliphatic rings. The lowest BCUT2D eigenvalue weighted by Gasteiger charge is -2.06. The minimum absolute atomic E-state index is 0.0885. The molecule has 0 fully saturated rings. The molecule has 0 saturated heterocycles. The average Bonchev–Trinajstić information content (AvgIpc) is 2.91. The van der Waals surface area contributed by atoms with Crippen LogP contribution in [0.3, 0.4) is 0 Å². The van der Waals surface area contributed by atoms with Crippen LogP contribution in [-0.4, -0.2) is 29.2 Å². The van der Waals surface area contributed by atoms with Crippen LogP contribution >= 0.6 is 11.8 Å². The Bertz CT molecular complexity index is 721. The van der Waals surface area contributed by atoms with Gasteiger partial charge in [0.25, 0.3) is 5.22 Å². The first kappa shape index (κ1) is 15.8. The number of carbonyl (C=O) groups excluding carboxylic acids is 2. The van der Waals surface area contributed by atoms with Gasteiger partial charge in [-0.1, -0.05) is 12.1 Å². The number of benzene rings is 1. The highest BCUT2D eigenvalue weighted by Gasteiger charge is 2.09. The number of thioether (sulfide) groups is 1. The lowest BCUT2D eigenvalue weighted by molar-refractivity contribution is -0.298. The molecule has 2 rings (SSSR count). The number of methoxy groups -OCH3 is 1. The predicted molar refractivity (Wildman–Crippen MR) is 75.7 cm³/mol. The van der Waals surface area contributed by atoms with Gasteiger partial charge in [0.2, 0.25) is 5.89 Å². The SMILES string of the molecule is COC(=O)c1ccc(/C=C(/Sc2nnc(C)o2)C(=O)[O-])cc1. The van der Waals surface area contributed by atoms with E-state index in [4.69, 9.17) is 4.42 Å². The first-order valence-corrected chi connectivity index (χ1v) is 6.90. The van der Waals surface area contributed by atoms with Gasteiger partial charge in [0.15, 0.2) is 0 Å². The fourth-order valence-corrected chi connectivity index (χ4v) is 2.24. The number of aryl methyl sites for hydroxylation is 1. The highest BCUT2D eigenvalue weighted by atomic mass is 32.2. The number of hydrogen-bond acceptors (Lipinski definition) is 8. The maximum Gasteiger partial charge on any atom is 0.337 e. The topological polar surface area (TPSA) is 105 Å². The van der Waals surface area contributed by atoms with E-state index in [0.29, 0.717) is 17.0 Å². The van der Waals surface area contributed by atoms with Crippen molar-refractivity contribution in [2.75, 3.05) is 7.11 Å². The van der Waals surface area contributed by atoms with E-state index in [0.717, 1.165) is 11.8 Å². The van der Waals surface area contributed by atoms with Crippen molar-refractivity contribution in [3.63, 3.8) is 0 Å². The molecule has 2 aromatic rings. The second kappa shape index (κ2) is 6.90. The zero-order valence-corrected chi connectivity index (χ0v) is 12.5. The molecule has 1 heterocycles. The van der Waals surface area contributed by atoms with Gasteiger partial charge in [-0.25, -0.2) is 4.79 Å². The molecule has 22 heavy (non-hydrogen) atoms. The number of ether oxygens (including phenoxy) is 1. The molecule has 7 nitrogen and oxygen atoms in total. The number of carboxylic acids is 1. The number of aromatic nitrogens is 2. The average molecular weight is 319 g/mol. The molecule has 8 heteroatoms. The van der Waals surface area contributed by atoms with E-state index in [9.17, 15) is 14.7 Å². The maximum absolute atomic E-state index is 11.3. The van der Waals surface area contributed by atoms with E-state index in [-0.39, 0.29) is 10.1 Å². The fraction of sp³-hybridized carbons (Fsp3) is 0.143. The summed E-state index contributed by atoms with van der Waals surface area (Å²) in [6, 6.07) is 6.25. The first-order chi connectivity index (χ1) is 10.5. The van der Waals surface area contributed by atoms with Gasteiger partial charge in [0.1, 0.15) is 0 Å². The van der Waals surface area contributed by atoms with Crippen molar-refractivity contribution in [2.24, 2.45) is 0 Å². The van der Waals surface area contributed by atoms with Crippen LogP contribution in [0.15, 0.2) is 38.8 Å². The lowest BCUT2D eigenvalue weighted by atomic mass is 10.1. The summed E-state index contributed by atoms with van der Waals surface area (Å²) in [5.41, 5.74) is 0.949. The number of carbonyl (C=O) groups is 2. The molecule has 0 unspecified atom stereocenters. The van der Waals surface area contributed by atoms with Crippen molar-refractivity contribution in [1.29, 1.82) is 0 Å². The molecular formula is C14H11N2O5S-. The van der Waals surface area contributed by atoms with E-state index >= 15 is 0 Å². The van der Waals surface area contributed by atoms with Crippen LogP contribution in [0.25, 0.3) is 6.08 Å². The van der Waals surface area contributed by atoms with Gasteiger partial charge in [0, 0.05) is 11.8 Å². The third kappa shape index (κ3) is 3.95. The summed E-state index contributed by atoms with van der Waals surface area (Å²) in [7, 11) is 1.29. The van der Waals surface area contributed by atoms with Crippen molar-refractivity contribution in [1.82, 2.24) is 10.2 Å². The zero-order valence-electron chi connectivity index (χ0n) is 11.7. The number of carboxylic acid groups (broad SMARTS) is 1. The van der Waals surface area contributed by atoms with Crippen molar-refractivity contribution in [3.05, 3.63) is 46.2 Å². The molecular weight excluding hydrogens is 308 g/mol. The van der Waals surface area contributed by atoms with Gasteiger partial charge in [-0.15, -0.1) is 10.2 Å². The Balaban J connectivity index is 2.22. The van der Waals surface area contributed by atoms with E-state index in [1.807, 2.05) is 0 Å². The molecule has 0 atom stereocenters. The summed E-state index contributed by atoms with van der Waals surface area (Å²) in [4.78, 5) is 22.4. The van der Waals surface area contributed by atoms with Crippen molar-refractivity contribution < 1.29 is 23.8 Å². The van der Waals surface area contributed by atoms with Gasteiger partial charge >= 0.3 is 5.97 Å². The van der Waals surface area contributed by atoms with Crippen LogP contribution < -0.4 is 5.11 Å². The highest BCUT2D eigenvalue weighted by Crippen LogP contribution is 2.26. The van der Waals surface area contributed by atoms with E-state index < -0.39 is 11.9 Å². The number of hydrogen-bond donors (Lipinski definition) is 0. The minimum atomic E-state index is -1.36. The minimum Gasteiger partial charge on any atom is -0.544 e. The van der Waals surface area contributed by atoms with E-state index in [1.165, 1.54) is 25.3 Å². The van der Waals surface area contributed by atoms with Crippen LogP contribution in [0.4, 0.5) is 0 Å². The van der Waals surface area contributed by atoms with Crippen molar-refractivity contribution >= 4 is 29.8 Å². The summed E-state index contributed by atoms with van der Waals surface area (Å²) in [5, 5.41) is 18.6. The second-order valence-electron chi connectivity index (χ2n) is 4.10. The molecule has 0 saturated carbocycles. The van der Waals surface area contributed by atoms with Crippen molar-refractivity contribution in [3.8, 4) is 0 Å². The summed E-state index contributed by atoms with van der Waals surface area (Å²) in [6.07, 6.45) is 1.39. The highest BCUT2D eigenvalue weighted by molar-refractivity contribution is 8.03. The smallest absolute Gasteiger partial charge is 0.337 e. The molecule has 0 amide bonds. The van der Waals surface area contributed by atoms with E-state index in [2.05, 4.69) is 14.9 Å². The Hall–Kier alpha value is -2.61. The Kier molecular flexibility index (Phi) is 4.95. The fourth-order valence-electron chi connectivity index (χ4n) is 1.53. The van der Waals surface area contributed by atoms with Gasteiger partial charge in [-0.2, -0.15) is 0 Å². The van der Waals surface area contributed by atoms with Crippen LogP contribution in [0, 0.1) is 6.92 Å². The molecule has 0 aliphatic heterocycles. The number of esters is 1. The predicted octanol–water partition coefficient (Wildman–Crippen LogP) is 1.05. The van der Waals surface area contributed by atoms with Crippen LogP contribution in [0.5, 0.6) is 0 Å². The molecule has 1 aromatic carbocycles. The van der Waals surface area contributed by atoms with Gasteiger partial charge in [0.05, 0.1) is 18.6 Å². The Morgan fingerprint density at radius 3 is 2.45 bits per heavy atom. The van der Waals surface area contributed by atoms with Crippen molar-refractivity contribution in [2.45, 2.75) is 12.1 Å². The summed E-state index contributed by atoms with van der Waals surface area (Å²) < 4.78 is 9.70. The Labute approximate surface area is 130 Å². The van der Waals surface area contributed by atoms with Crippen LogP contribution in [0.1, 0.15) is 21.8 Å². The molecule has 0 N–H and O–H groups in total. The Morgan fingerprint density at radius 2 is 1.95 bits per heavy atom. The van der Waals surface area contributed by atoms with E-state index in [1.54, 1.807) is 19.1 Å². The summed E-state index contributed by atoms with van der Waals surface area (Å²) in [5.74, 6) is -1.49. The summed E-state index contributed by atoms with van der Waals surface area (Å²) >= 11 is 0.795. The van der Waals surface area contributed by atoms with Crippen LogP contribution in [0.2, 0.25) is 0 Å². The molecule has 114 valence electrons. The number of nitrogens with zero attached hydrogens (tertiary/aromatic N) is 2. The normalized spacial score (nSPS) is 11.3. The third-order valence-corrected chi connectivity index (χ3v) is 3.38. The summed E-state index contributed by atoms with van der Waals surface area (Å²) in [6.45, 7) is 1.60. The largest absolute Gasteiger partial charge is 0.544 e. The standard InChI is InChI=1S/C14H12N2O5S/c1-8-15-16-14(21-8)22-11(12(17)18)7-9-3-5-10(6-4-9)13(19)20-2/h3-7H,1-2H3,(H,17,18)/p-1/b11-7+. The monoisotopic (exact) mass is 319 g/mol. The third-order valence-electron chi connectivity index (χ3n) is 2.54. The van der Waals surface area contributed by atoms with Gasteiger partial charge in [-0.3, -0.25) is 0 Å². The number of rotatable bonds is 5. The maximum atomic E-state index is 11.3. The van der Waals surface area contributed by atoms with Gasteiger partial charge in [-0.05, 0) is 35.5 Å².